The fourth-order valence-electron chi connectivity index (χ4n) is 2.90. The van der Waals surface area contributed by atoms with E-state index in [4.69, 9.17) is 4.74 Å². The van der Waals surface area contributed by atoms with Crippen LogP contribution in [0.25, 0.3) is 0 Å². The van der Waals surface area contributed by atoms with Crippen molar-refractivity contribution in [2.75, 3.05) is 6.61 Å². The highest BCUT2D eigenvalue weighted by Gasteiger charge is 2.41. The third kappa shape index (κ3) is 2.39. The molecule has 3 atom stereocenters. The second-order valence-corrected chi connectivity index (χ2v) is 5.76. The number of hydrogen-bond acceptors (Lipinski definition) is 5. The quantitative estimate of drug-likeness (QED) is 0.811. The molecule has 1 N–H and O–H groups in total. The van der Waals surface area contributed by atoms with Crippen molar-refractivity contribution in [2.24, 2.45) is 5.92 Å². The molecule has 3 unspecified atom stereocenters. The maximum Gasteiger partial charge on any atom is 0.328 e. The monoisotopic (exact) mass is 294 g/mol. The third-order valence-electron chi connectivity index (χ3n) is 4.10. The molecule has 2 aliphatic rings. The first-order valence-electron chi connectivity index (χ1n) is 7.01. The van der Waals surface area contributed by atoms with Crippen LogP contribution >= 0.6 is 0 Å². The van der Waals surface area contributed by atoms with E-state index in [0.717, 1.165) is 0 Å². The van der Waals surface area contributed by atoms with Gasteiger partial charge in [-0.1, -0.05) is 6.92 Å². The van der Waals surface area contributed by atoms with Gasteiger partial charge in [0.2, 0.25) is 0 Å². The minimum absolute atomic E-state index is 0.158. The van der Waals surface area contributed by atoms with E-state index < -0.39 is 18.1 Å². The second kappa shape index (κ2) is 5.10. The molecule has 1 fully saturated rings. The Morgan fingerprint density at radius 2 is 2.14 bits per heavy atom. The van der Waals surface area contributed by atoms with Crippen molar-refractivity contribution in [2.45, 2.75) is 45.5 Å². The van der Waals surface area contributed by atoms with Gasteiger partial charge in [-0.15, -0.1) is 10.2 Å². The van der Waals surface area contributed by atoms with Crippen LogP contribution in [0.2, 0.25) is 0 Å². The van der Waals surface area contributed by atoms with E-state index in [1.54, 1.807) is 11.5 Å². The van der Waals surface area contributed by atoms with Gasteiger partial charge < -0.3 is 19.3 Å². The van der Waals surface area contributed by atoms with E-state index >= 15 is 0 Å². The van der Waals surface area contributed by atoms with E-state index in [1.807, 2.05) is 6.92 Å². The van der Waals surface area contributed by atoms with Crippen molar-refractivity contribution in [1.82, 2.24) is 19.7 Å². The van der Waals surface area contributed by atoms with Gasteiger partial charge in [0.15, 0.2) is 5.82 Å². The normalized spacial score (nSPS) is 28.5. The van der Waals surface area contributed by atoms with E-state index in [2.05, 4.69) is 10.2 Å². The maximum absolute atomic E-state index is 12.6. The highest BCUT2D eigenvalue weighted by atomic mass is 16.5. The lowest BCUT2D eigenvalue weighted by Crippen LogP contribution is -2.53. The molecule has 0 aromatic carbocycles. The Morgan fingerprint density at radius 1 is 1.38 bits per heavy atom. The van der Waals surface area contributed by atoms with Crippen LogP contribution in [0, 0.1) is 12.8 Å². The first-order chi connectivity index (χ1) is 9.97. The van der Waals surface area contributed by atoms with Gasteiger partial charge in [0, 0.05) is 0 Å². The van der Waals surface area contributed by atoms with Gasteiger partial charge in [-0.2, -0.15) is 0 Å². The van der Waals surface area contributed by atoms with Crippen LogP contribution in [-0.2, 0) is 27.4 Å². The molecular formula is C13H18N4O4. The Balaban J connectivity index is 1.86. The van der Waals surface area contributed by atoms with Crippen LogP contribution in [0.1, 0.15) is 25.0 Å². The average Bonchev–Trinajstić information content (AvgIpc) is 3.03. The van der Waals surface area contributed by atoms with Gasteiger partial charge in [0.05, 0.1) is 19.7 Å². The first kappa shape index (κ1) is 14.0. The van der Waals surface area contributed by atoms with Gasteiger partial charge in [-0.3, -0.25) is 4.79 Å². The molecule has 0 saturated carbocycles. The van der Waals surface area contributed by atoms with Gasteiger partial charge in [0.1, 0.15) is 18.0 Å². The van der Waals surface area contributed by atoms with Gasteiger partial charge in [-0.25, -0.2) is 4.79 Å². The zero-order valence-corrected chi connectivity index (χ0v) is 12.0. The molecule has 3 heterocycles. The van der Waals surface area contributed by atoms with Crippen LogP contribution in [0.5, 0.6) is 0 Å². The van der Waals surface area contributed by atoms with Crippen molar-refractivity contribution in [1.29, 1.82) is 0 Å². The van der Waals surface area contributed by atoms with Crippen LogP contribution in [0.15, 0.2) is 0 Å². The molecule has 21 heavy (non-hydrogen) atoms. The number of ether oxygens (including phenoxy) is 1. The maximum atomic E-state index is 12.6. The molecule has 1 amide bonds. The van der Waals surface area contributed by atoms with E-state index in [-0.39, 0.29) is 19.0 Å². The lowest BCUT2D eigenvalue weighted by atomic mass is 10.1. The molecule has 1 aromatic heterocycles. The molecule has 3 rings (SSSR count). The number of amides is 1. The molecule has 0 bridgehead atoms. The third-order valence-corrected chi connectivity index (χ3v) is 4.10. The number of hydrogen-bond donors (Lipinski definition) is 1. The summed E-state index contributed by atoms with van der Waals surface area (Å²) in [6, 6.07) is -0.904. The molecule has 0 radical (unpaired) electrons. The van der Waals surface area contributed by atoms with Gasteiger partial charge in [-0.05, 0) is 19.3 Å². The van der Waals surface area contributed by atoms with Crippen molar-refractivity contribution < 1.29 is 19.4 Å². The Bertz CT molecular complexity index is 585. The number of rotatable bonds is 2. The summed E-state index contributed by atoms with van der Waals surface area (Å²) >= 11 is 0. The van der Waals surface area contributed by atoms with Crippen molar-refractivity contribution in [3.63, 3.8) is 0 Å². The van der Waals surface area contributed by atoms with Crippen LogP contribution in [0.4, 0.5) is 0 Å². The molecule has 1 saturated heterocycles. The Hall–Kier alpha value is -1.96. The zero-order chi connectivity index (χ0) is 15.1. The minimum atomic E-state index is -1.02. The minimum Gasteiger partial charge on any atom is -0.480 e. The molecular weight excluding hydrogens is 276 g/mol. The van der Waals surface area contributed by atoms with Crippen molar-refractivity contribution in [3.8, 4) is 0 Å². The summed E-state index contributed by atoms with van der Waals surface area (Å²) in [5.74, 6) is 0.309. The fourth-order valence-corrected chi connectivity index (χ4v) is 2.90. The number of carbonyl (C=O) groups is 2. The van der Waals surface area contributed by atoms with E-state index in [0.29, 0.717) is 30.6 Å². The molecule has 0 spiro atoms. The smallest absolute Gasteiger partial charge is 0.328 e. The fraction of sp³-hybridized carbons (Fsp3) is 0.692. The summed E-state index contributed by atoms with van der Waals surface area (Å²) in [6.07, 6.45) is 0.0883. The Morgan fingerprint density at radius 3 is 2.76 bits per heavy atom. The van der Waals surface area contributed by atoms with Crippen LogP contribution < -0.4 is 0 Å². The Kier molecular flexibility index (Phi) is 3.40. The predicted octanol–water partition coefficient (Wildman–Crippen LogP) is -0.193. The van der Waals surface area contributed by atoms with E-state index in [9.17, 15) is 14.7 Å². The van der Waals surface area contributed by atoms with Crippen molar-refractivity contribution in [3.05, 3.63) is 11.6 Å². The summed E-state index contributed by atoms with van der Waals surface area (Å²) in [5, 5.41) is 17.4. The molecule has 8 nitrogen and oxygen atoms in total. The number of aromatic nitrogens is 3. The number of carboxylic acid groups (broad SMARTS) is 1. The predicted molar refractivity (Wildman–Crippen MR) is 70.3 cm³/mol. The SMILES string of the molecule is Cc1nnc2n1CC(C(=O)O)N(C(=O)C1CC(C)CO1)C2. The molecule has 0 aliphatic carbocycles. The zero-order valence-electron chi connectivity index (χ0n) is 12.0. The lowest BCUT2D eigenvalue weighted by molar-refractivity contribution is -0.157. The topological polar surface area (TPSA) is 97.5 Å². The largest absolute Gasteiger partial charge is 0.480 e. The standard InChI is InChI=1S/C13H18N4O4/c1-7-3-10(21-6-7)12(18)17-5-11-15-14-8(2)16(11)4-9(17)13(19)20/h7,9-10H,3-6H2,1-2H3,(H,19,20). The second-order valence-electron chi connectivity index (χ2n) is 5.76. The molecule has 2 aliphatic heterocycles. The van der Waals surface area contributed by atoms with E-state index in [1.165, 1.54) is 4.90 Å². The number of aryl methyl sites for hydroxylation is 1. The Labute approximate surface area is 121 Å². The number of fused-ring (bicyclic) bond motifs is 1. The lowest BCUT2D eigenvalue weighted by Gasteiger charge is -2.34. The molecule has 1 aromatic rings. The molecule has 114 valence electrons. The highest BCUT2D eigenvalue weighted by Crippen LogP contribution is 2.25. The number of carboxylic acids is 1. The van der Waals surface area contributed by atoms with Crippen LogP contribution in [-0.4, -0.2) is 55.4 Å². The number of nitrogens with zero attached hydrogens (tertiary/aromatic N) is 4. The van der Waals surface area contributed by atoms with Gasteiger partial charge in [0.25, 0.3) is 5.91 Å². The summed E-state index contributed by atoms with van der Waals surface area (Å²) in [7, 11) is 0. The summed E-state index contributed by atoms with van der Waals surface area (Å²) in [6.45, 7) is 4.66. The average molecular weight is 294 g/mol. The van der Waals surface area contributed by atoms with Crippen molar-refractivity contribution >= 4 is 11.9 Å². The first-order valence-corrected chi connectivity index (χ1v) is 7.01. The van der Waals surface area contributed by atoms with Gasteiger partial charge >= 0.3 is 5.97 Å². The number of aliphatic carboxylic acids is 1. The summed E-state index contributed by atoms with van der Waals surface area (Å²) in [4.78, 5) is 25.4. The summed E-state index contributed by atoms with van der Waals surface area (Å²) < 4.78 is 7.23. The number of carbonyl (C=O) groups excluding carboxylic acids is 1. The molecule has 8 heteroatoms. The summed E-state index contributed by atoms with van der Waals surface area (Å²) in [5.41, 5.74) is 0. The highest BCUT2D eigenvalue weighted by molar-refractivity contribution is 5.86. The van der Waals surface area contributed by atoms with Crippen LogP contribution in [0.3, 0.4) is 0 Å².